The van der Waals surface area contributed by atoms with Crippen molar-refractivity contribution in [3.63, 3.8) is 0 Å². The van der Waals surface area contributed by atoms with Crippen molar-refractivity contribution in [2.45, 2.75) is 6.54 Å². The van der Waals surface area contributed by atoms with Gasteiger partial charge in [0.1, 0.15) is 5.52 Å². The predicted octanol–water partition coefficient (Wildman–Crippen LogP) is 4.20. The Morgan fingerprint density at radius 1 is 0.933 bits per heavy atom. The average Bonchev–Trinajstić information content (AvgIpc) is 3.29. The van der Waals surface area contributed by atoms with E-state index in [1.54, 1.807) is 48.5 Å². The molecule has 30 heavy (non-hydrogen) atoms. The molecule has 1 aliphatic rings. The van der Waals surface area contributed by atoms with Crippen molar-refractivity contribution < 1.29 is 18.9 Å². The normalized spacial score (nSPS) is 13.1. The Morgan fingerprint density at radius 3 is 2.23 bits per heavy atom. The van der Waals surface area contributed by atoms with Gasteiger partial charge >= 0.3 is 0 Å². The number of carbonyl (C=O) groups excluding carboxylic acids is 2. The summed E-state index contributed by atoms with van der Waals surface area (Å²) in [6.45, 7) is 0.159. The summed E-state index contributed by atoms with van der Waals surface area (Å²) < 4.78 is 5.66. The van der Waals surface area contributed by atoms with Crippen molar-refractivity contribution >= 4 is 28.6 Å². The van der Waals surface area contributed by atoms with Crippen LogP contribution in [0.2, 0.25) is 0 Å². The van der Waals surface area contributed by atoms with Crippen LogP contribution in [-0.2, 0) is 6.54 Å². The summed E-state index contributed by atoms with van der Waals surface area (Å²) in [5.41, 5.74) is 3.07. The zero-order valence-electron chi connectivity index (χ0n) is 15.4. The maximum atomic E-state index is 12.5. The number of rotatable bonds is 4. The molecule has 0 N–H and O–H groups in total. The number of oxazole rings is 1. The summed E-state index contributed by atoms with van der Waals surface area (Å²) >= 11 is 0. The van der Waals surface area contributed by atoms with Crippen LogP contribution in [0.5, 0.6) is 0 Å². The highest BCUT2D eigenvalue weighted by Crippen LogP contribution is 2.28. The van der Waals surface area contributed by atoms with Crippen molar-refractivity contribution in [1.82, 2.24) is 9.88 Å². The summed E-state index contributed by atoms with van der Waals surface area (Å²) in [6.07, 6.45) is 0. The second-order valence-electron chi connectivity index (χ2n) is 6.87. The van der Waals surface area contributed by atoms with Gasteiger partial charge in [0.15, 0.2) is 5.58 Å². The van der Waals surface area contributed by atoms with Gasteiger partial charge in [-0.3, -0.25) is 24.6 Å². The van der Waals surface area contributed by atoms with E-state index in [-0.39, 0.29) is 24.0 Å². The van der Waals surface area contributed by atoms with Crippen molar-refractivity contribution in [3.8, 4) is 11.5 Å². The fraction of sp³-hybridized carbons (Fsp3) is 0.0455. The molecule has 5 rings (SSSR count). The van der Waals surface area contributed by atoms with Gasteiger partial charge in [0.2, 0.25) is 5.89 Å². The van der Waals surface area contributed by atoms with E-state index in [4.69, 9.17) is 4.42 Å². The molecule has 4 aromatic rings. The van der Waals surface area contributed by atoms with Gasteiger partial charge in [-0.05, 0) is 35.9 Å². The maximum Gasteiger partial charge on any atom is 0.273 e. The Balaban J connectivity index is 1.39. The Bertz CT molecular complexity index is 1310. The molecule has 2 heterocycles. The lowest BCUT2D eigenvalue weighted by Crippen LogP contribution is -2.29. The van der Waals surface area contributed by atoms with Crippen LogP contribution in [0, 0.1) is 10.1 Å². The van der Waals surface area contributed by atoms with E-state index in [0.29, 0.717) is 33.7 Å². The standard InChI is InChI=1S/C22H13N3O5/c26-21-16-3-1-2-4-17(16)22(27)24(21)12-13-5-7-14(8-6-13)20-23-18-10-9-15(25(28)29)11-19(18)30-20/h1-11H,12H2. The molecule has 1 aliphatic heterocycles. The molecule has 0 saturated heterocycles. The second-order valence-corrected chi connectivity index (χ2v) is 6.87. The minimum absolute atomic E-state index is 0.0681. The van der Waals surface area contributed by atoms with E-state index >= 15 is 0 Å². The Hall–Kier alpha value is -4.33. The molecule has 0 saturated carbocycles. The first-order valence-corrected chi connectivity index (χ1v) is 9.11. The monoisotopic (exact) mass is 399 g/mol. The molecule has 146 valence electrons. The Labute approximate surface area is 169 Å². The van der Waals surface area contributed by atoms with Crippen LogP contribution in [0.25, 0.3) is 22.6 Å². The molecule has 2 amide bonds. The fourth-order valence-electron chi connectivity index (χ4n) is 3.47. The van der Waals surface area contributed by atoms with Crippen LogP contribution < -0.4 is 0 Å². The summed E-state index contributed by atoms with van der Waals surface area (Å²) in [5.74, 6) is -0.279. The third-order valence-electron chi connectivity index (χ3n) is 5.00. The fourth-order valence-corrected chi connectivity index (χ4v) is 3.47. The maximum absolute atomic E-state index is 12.5. The van der Waals surface area contributed by atoms with E-state index in [1.807, 2.05) is 0 Å². The van der Waals surface area contributed by atoms with E-state index in [2.05, 4.69) is 4.98 Å². The van der Waals surface area contributed by atoms with Crippen LogP contribution in [-0.4, -0.2) is 26.6 Å². The van der Waals surface area contributed by atoms with Gasteiger partial charge in [-0.25, -0.2) is 4.98 Å². The number of aromatic nitrogens is 1. The number of non-ortho nitro benzene ring substituents is 1. The van der Waals surface area contributed by atoms with Crippen LogP contribution in [0.4, 0.5) is 5.69 Å². The molecule has 0 spiro atoms. The lowest BCUT2D eigenvalue weighted by molar-refractivity contribution is -0.384. The highest BCUT2D eigenvalue weighted by molar-refractivity contribution is 6.21. The van der Waals surface area contributed by atoms with Crippen LogP contribution >= 0.6 is 0 Å². The molecule has 0 unspecified atom stereocenters. The van der Waals surface area contributed by atoms with Crippen molar-refractivity contribution in [3.05, 3.63) is 93.5 Å². The summed E-state index contributed by atoms with van der Waals surface area (Å²) in [7, 11) is 0. The molecule has 0 radical (unpaired) electrons. The molecular formula is C22H13N3O5. The number of amides is 2. The van der Waals surface area contributed by atoms with E-state index in [9.17, 15) is 19.7 Å². The van der Waals surface area contributed by atoms with Crippen LogP contribution in [0.3, 0.4) is 0 Å². The van der Waals surface area contributed by atoms with Crippen molar-refractivity contribution in [1.29, 1.82) is 0 Å². The molecule has 0 bridgehead atoms. The molecule has 1 aromatic heterocycles. The van der Waals surface area contributed by atoms with Crippen LogP contribution in [0.15, 0.2) is 71.1 Å². The van der Waals surface area contributed by atoms with E-state index in [1.165, 1.54) is 23.1 Å². The summed E-state index contributed by atoms with van der Waals surface area (Å²) in [5, 5.41) is 10.9. The first kappa shape index (κ1) is 17.7. The Kier molecular flexibility index (Phi) is 3.92. The molecular weight excluding hydrogens is 386 g/mol. The van der Waals surface area contributed by atoms with Gasteiger partial charge < -0.3 is 4.42 Å². The zero-order valence-corrected chi connectivity index (χ0v) is 15.4. The third kappa shape index (κ3) is 2.82. The number of hydrogen-bond acceptors (Lipinski definition) is 6. The van der Waals surface area contributed by atoms with Gasteiger partial charge in [-0.2, -0.15) is 0 Å². The smallest absolute Gasteiger partial charge is 0.273 e. The van der Waals surface area contributed by atoms with Crippen LogP contribution in [0.1, 0.15) is 26.3 Å². The first-order valence-electron chi connectivity index (χ1n) is 9.11. The minimum Gasteiger partial charge on any atom is -0.436 e. The number of benzene rings is 3. The predicted molar refractivity (Wildman–Crippen MR) is 107 cm³/mol. The van der Waals surface area contributed by atoms with Gasteiger partial charge in [-0.1, -0.05) is 24.3 Å². The van der Waals surface area contributed by atoms with E-state index < -0.39 is 4.92 Å². The molecule has 0 fully saturated rings. The number of nitrogens with zero attached hydrogens (tertiary/aromatic N) is 3. The van der Waals surface area contributed by atoms with Gasteiger partial charge in [0, 0.05) is 11.6 Å². The van der Waals surface area contributed by atoms with Gasteiger partial charge in [0.25, 0.3) is 17.5 Å². The molecule has 0 atom stereocenters. The lowest BCUT2D eigenvalue weighted by atomic mass is 10.1. The number of nitro benzene ring substituents is 1. The Morgan fingerprint density at radius 2 is 1.60 bits per heavy atom. The highest BCUT2D eigenvalue weighted by Gasteiger charge is 2.34. The van der Waals surface area contributed by atoms with E-state index in [0.717, 1.165) is 5.56 Å². The number of nitro groups is 1. The molecule has 8 nitrogen and oxygen atoms in total. The molecule has 8 heteroatoms. The lowest BCUT2D eigenvalue weighted by Gasteiger charge is -2.13. The second kappa shape index (κ2) is 6.63. The first-order chi connectivity index (χ1) is 14.5. The molecule has 3 aromatic carbocycles. The minimum atomic E-state index is -0.490. The number of hydrogen-bond donors (Lipinski definition) is 0. The number of carbonyl (C=O) groups is 2. The molecule has 0 aliphatic carbocycles. The van der Waals surface area contributed by atoms with Gasteiger partial charge in [-0.15, -0.1) is 0 Å². The highest BCUT2D eigenvalue weighted by atomic mass is 16.6. The van der Waals surface area contributed by atoms with Crippen molar-refractivity contribution in [2.75, 3.05) is 0 Å². The largest absolute Gasteiger partial charge is 0.436 e. The number of imide groups is 1. The van der Waals surface area contributed by atoms with Gasteiger partial charge in [0.05, 0.1) is 28.7 Å². The quantitative estimate of drug-likeness (QED) is 0.289. The zero-order chi connectivity index (χ0) is 20.8. The number of fused-ring (bicyclic) bond motifs is 2. The summed E-state index contributed by atoms with van der Waals surface area (Å²) in [4.78, 5) is 41.0. The SMILES string of the molecule is O=C1c2ccccc2C(=O)N1Cc1ccc(-c2nc3ccc([N+](=O)[O-])cc3o2)cc1. The topological polar surface area (TPSA) is 107 Å². The average molecular weight is 399 g/mol. The summed E-state index contributed by atoms with van der Waals surface area (Å²) in [6, 6.07) is 18.1. The van der Waals surface area contributed by atoms with Crippen molar-refractivity contribution in [2.24, 2.45) is 0 Å². The third-order valence-corrected chi connectivity index (χ3v) is 5.00.